The predicted octanol–water partition coefficient (Wildman–Crippen LogP) is 1.90. The van der Waals surface area contributed by atoms with E-state index in [1.54, 1.807) is 6.20 Å². The number of aromatic nitrogens is 2. The smallest absolute Gasteiger partial charge is 0.160 e. The Morgan fingerprint density at radius 1 is 1.67 bits per heavy atom. The number of halogens is 2. The van der Waals surface area contributed by atoms with Gasteiger partial charge in [0.15, 0.2) is 5.82 Å². The summed E-state index contributed by atoms with van der Waals surface area (Å²) in [6.45, 7) is 2.46. The van der Waals surface area contributed by atoms with E-state index in [0.717, 1.165) is 13.1 Å². The number of morpholine rings is 1. The minimum absolute atomic E-state index is 0.0747. The van der Waals surface area contributed by atoms with Crippen molar-refractivity contribution >= 4 is 27.5 Å². The summed E-state index contributed by atoms with van der Waals surface area (Å²) < 4.78 is 6.29. The molecule has 0 bridgehead atoms. The Bertz CT molecular complexity index is 363. The molecule has 2 rings (SSSR count). The SMILES string of the molecule is CN1CCOC(c2ncc(Br)c(Cl)n2)C1. The Labute approximate surface area is 102 Å². The zero-order valence-electron chi connectivity index (χ0n) is 8.28. The lowest BCUT2D eigenvalue weighted by molar-refractivity contribution is -0.0255. The van der Waals surface area contributed by atoms with Crippen LogP contribution in [0.25, 0.3) is 0 Å². The quantitative estimate of drug-likeness (QED) is 0.741. The normalized spacial score (nSPS) is 23.0. The molecule has 0 N–H and O–H groups in total. The third-order valence-electron chi connectivity index (χ3n) is 2.28. The Morgan fingerprint density at radius 2 is 2.47 bits per heavy atom. The fourth-order valence-electron chi connectivity index (χ4n) is 1.45. The average molecular weight is 293 g/mol. The van der Waals surface area contributed by atoms with Gasteiger partial charge in [-0.15, -0.1) is 0 Å². The van der Waals surface area contributed by atoms with Crippen LogP contribution < -0.4 is 0 Å². The number of likely N-dealkylation sites (N-methyl/N-ethyl adjacent to an activating group) is 1. The molecular formula is C9H11BrClN3O. The van der Waals surface area contributed by atoms with Crippen LogP contribution in [0.15, 0.2) is 10.7 Å². The van der Waals surface area contributed by atoms with E-state index >= 15 is 0 Å². The van der Waals surface area contributed by atoms with Gasteiger partial charge in [-0.2, -0.15) is 0 Å². The molecule has 0 spiro atoms. The summed E-state index contributed by atoms with van der Waals surface area (Å²) in [5, 5.41) is 0.428. The molecule has 0 aliphatic carbocycles. The van der Waals surface area contributed by atoms with Crippen LogP contribution in [0.1, 0.15) is 11.9 Å². The summed E-state index contributed by atoms with van der Waals surface area (Å²) in [6, 6.07) is 0. The molecule has 15 heavy (non-hydrogen) atoms. The van der Waals surface area contributed by atoms with E-state index in [0.29, 0.717) is 22.1 Å². The van der Waals surface area contributed by atoms with Gasteiger partial charge in [0.25, 0.3) is 0 Å². The minimum Gasteiger partial charge on any atom is -0.368 e. The van der Waals surface area contributed by atoms with Crippen molar-refractivity contribution in [1.29, 1.82) is 0 Å². The van der Waals surface area contributed by atoms with Crippen LogP contribution >= 0.6 is 27.5 Å². The first kappa shape index (κ1) is 11.3. The molecule has 1 unspecified atom stereocenters. The molecule has 0 radical (unpaired) electrons. The van der Waals surface area contributed by atoms with Gasteiger partial charge in [-0.05, 0) is 23.0 Å². The van der Waals surface area contributed by atoms with Crippen molar-refractivity contribution < 1.29 is 4.74 Å². The van der Waals surface area contributed by atoms with E-state index in [1.807, 2.05) is 0 Å². The summed E-state index contributed by atoms with van der Waals surface area (Å²) in [5.41, 5.74) is 0. The molecule has 0 saturated carbocycles. The molecule has 6 heteroatoms. The van der Waals surface area contributed by atoms with Crippen LogP contribution in [0.4, 0.5) is 0 Å². The molecular weight excluding hydrogens is 281 g/mol. The van der Waals surface area contributed by atoms with Crippen molar-refractivity contribution in [1.82, 2.24) is 14.9 Å². The highest BCUT2D eigenvalue weighted by Crippen LogP contribution is 2.23. The van der Waals surface area contributed by atoms with Gasteiger partial charge in [-0.3, -0.25) is 0 Å². The highest BCUT2D eigenvalue weighted by molar-refractivity contribution is 9.10. The maximum absolute atomic E-state index is 5.90. The molecule has 0 aromatic carbocycles. The number of rotatable bonds is 1. The molecule has 82 valence electrons. The molecule has 1 aliphatic heterocycles. The minimum atomic E-state index is -0.0747. The Morgan fingerprint density at radius 3 is 3.13 bits per heavy atom. The zero-order valence-corrected chi connectivity index (χ0v) is 10.6. The van der Waals surface area contributed by atoms with Crippen molar-refractivity contribution in [3.05, 3.63) is 21.6 Å². The average Bonchev–Trinajstić information content (AvgIpc) is 2.22. The molecule has 1 aromatic heterocycles. The van der Waals surface area contributed by atoms with Gasteiger partial charge in [0.2, 0.25) is 0 Å². The molecule has 0 amide bonds. The van der Waals surface area contributed by atoms with Crippen molar-refractivity contribution in [3.8, 4) is 0 Å². The largest absolute Gasteiger partial charge is 0.368 e. The number of nitrogens with zero attached hydrogens (tertiary/aromatic N) is 3. The van der Waals surface area contributed by atoms with Gasteiger partial charge in [0, 0.05) is 19.3 Å². The van der Waals surface area contributed by atoms with Crippen LogP contribution in [-0.2, 0) is 4.74 Å². The Kier molecular flexibility index (Phi) is 3.56. The lowest BCUT2D eigenvalue weighted by atomic mass is 10.2. The first-order valence-electron chi connectivity index (χ1n) is 4.65. The standard InChI is InChI=1S/C9H11BrClN3O/c1-14-2-3-15-7(5-14)9-12-4-6(10)8(11)13-9/h4,7H,2-3,5H2,1H3. The van der Waals surface area contributed by atoms with Gasteiger partial charge < -0.3 is 9.64 Å². The van der Waals surface area contributed by atoms with Gasteiger partial charge >= 0.3 is 0 Å². The summed E-state index contributed by atoms with van der Waals surface area (Å²) in [6.07, 6.45) is 1.58. The second-order valence-electron chi connectivity index (χ2n) is 3.49. The molecule has 1 saturated heterocycles. The van der Waals surface area contributed by atoms with E-state index in [1.165, 1.54) is 0 Å². The van der Waals surface area contributed by atoms with Crippen LogP contribution in [0.5, 0.6) is 0 Å². The van der Waals surface area contributed by atoms with E-state index in [4.69, 9.17) is 16.3 Å². The number of ether oxygens (including phenoxy) is 1. The lowest BCUT2D eigenvalue weighted by Gasteiger charge is -2.28. The van der Waals surface area contributed by atoms with Gasteiger partial charge in [0.05, 0.1) is 11.1 Å². The Balaban J connectivity index is 2.18. The fourth-order valence-corrected chi connectivity index (χ4v) is 1.77. The van der Waals surface area contributed by atoms with Crippen molar-refractivity contribution in [2.75, 3.05) is 26.7 Å². The molecule has 1 fully saturated rings. The molecule has 2 heterocycles. The van der Waals surface area contributed by atoms with Crippen molar-refractivity contribution in [3.63, 3.8) is 0 Å². The molecule has 4 nitrogen and oxygen atoms in total. The van der Waals surface area contributed by atoms with E-state index in [9.17, 15) is 0 Å². The highest BCUT2D eigenvalue weighted by Gasteiger charge is 2.22. The van der Waals surface area contributed by atoms with Crippen LogP contribution in [0, 0.1) is 0 Å². The van der Waals surface area contributed by atoms with Gasteiger partial charge in [-0.25, -0.2) is 9.97 Å². The summed E-state index contributed by atoms with van der Waals surface area (Å²) >= 11 is 9.16. The van der Waals surface area contributed by atoms with E-state index < -0.39 is 0 Å². The predicted molar refractivity (Wildman–Crippen MR) is 60.9 cm³/mol. The van der Waals surface area contributed by atoms with Crippen molar-refractivity contribution in [2.45, 2.75) is 6.10 Å². The highest BCUT2D eigenvalue weighted by atomic mass is 79.9. The van der Waals surface area contributed by atoms with Crippen LogP contribution in [0.2, 0.25) is 5.15 Å². The number of hydrogen-bond acceptors (Lipinski definition) is 4. The monoisotopic (exact) mass is 291 g/mol. The van der Waals surface area contributed by atoms with Gasteiger partial charge in [-0.1, -0.05) is 11.6 Å². The molecule has 1 aliphatic rings. The third kappa shape index (κ3) is 2.66. The Hall–Kier alpha value is -0.230. The van der Waals surface area contributed by atoms with E-state index in [2.05, 4.69) is 37.8 Å². The first-order valence-corrected chi connectivity index (χ1v) is 5.82. The molecule has 1 aromatic rings. The number of hydrogen-bond donors (Lipinski definition) is 0. The van der Waals surface area contributed by atoms with Crippen molar-refractivity contribution in [2.24, 2.45) is 0 Å². The lowest BCUT2D eigenvalue weighted by Crippen LogP contribution is -2.36. The summed E-state index contributed by atoms with van der Waals surface area (Å²) in [7, 11) is 2.05. The topological polar surface area (TPSA) is 38.2 Å². The van der Waals surface area contributed by atoms with E-state index in [-0.39, 0.29) is 6.10 Å². The van der Waals surface area contributed by atoms with Crippen LogP contribution in [0.3, 0.4) is 0 Å². The zero-order chi connectivity index (χ0) is 10.8. The second-order valence-corrected chi connectivity index (χ2v) is 4.70. The van der Waals surface area contributed by atoms with Gasteiger partial charge in [0.1, 0.15) is 11.3 Å². The first-order chi connectivity index (χ1) is 7.16. The summed E-state index contributed by atoms with van der Waals surface area (Å²) in [5.74, 6) is 0.648. The fraction of sp³-hybridized carbons (Fsp3) is 0.556. The second kappa shape index (κ2) is 4.74. The molecule has 1 atom stereocenters. The third-order valence-corrected chi connectivity index (χ3v) is 3.37. The maximum atomic E-state index is 5.90. The van der Waals surface area contributed by atoms with Crippen LogP contribution in [-0.4, -0.2) is 41.6 Å². The maximum Gasteiger partial charge on any atom is 0.160 e. The summed E-state index contributed by atoms with van der Waals surface area (Å²) in [4.78, 5) is 10.6.